The van der Waals surface area contributed by atoms with E-state index in [0.29, 0.717) is 12.6 Å². The Morgan fingerprint density at radius 3 is 2.52 bits per heavy atom. The van der Waals surface area contributed by atoms with Crippen LogP contribution in [0.3, 0.4) is 0 Å². The van der Waals surface area contributed by atoms with Crippen LogP contribution in [0.25, 0.3) is 11.3 Å². The van der Waals surface area contributed by atoms with E-state index in [1.807, 2.05) is 12.3 Å². The van der Waals surface area contributed by atoms with E-state index in [0.717, 1.165) is 49.7 Å². The van der Waals surface area contributed by atoms with Crippen LogP contribution in [0.15, 0.2) is 60.8 Å². The van der Waals surface area contributed by atoms with Gasteiger partial charge in [-0.05, 0) is 29.8 Å². The second-order valence-electron chi connectivity index (χ2n) is 6.98. The Kier molecular flexibility index (Phi) is 7.77. The minimum atomic E-state index is -0.237. The molecule has 0 aliphatic carbocycles. The van der Waals surface area contributed by atoms with Gasteiger partial charge in [-0.25, -0.2) is 4.39 Å². The summed E-state index contributed by atoms with van der Waals surface area (Å²) in [5.41, 5.74) is 4.24. The molecule has 154 valence electrons. The van der Waals surface area contributed by atoms with Crippen molar-refractivity contribution < 1.29 is 9.13 Å². The first-order chi connectivity index (χ1) is 13.8. The molecule has 2 N–H and O–H groups in total. The SMILES string of the molecule is Cl.Fc1ccc(-c2[nH]ncc2CNCC(c2ccccc2)N2CCOCC2)cc1. The van der Waals surface area contributed by atoms with Crippen molar-refractivity contribution in [2.45, 2.75) is 12.6 Å². The maximum Gasteiger partial charge on any atom is 0.123 e. The van der Waals surface area contributed by atoms with Crippen molar-refractivity contribution in [3.63, 3.8) is 0 Å². The number of nitrogens with zero attached hydrogens (tertiary/aromatic N) is 2. The quantitative estimate of drug-likeness (QED) is 0.615. The number of rotatable bonds is 7. The summed E-state index contributed by atoms with van der Waals surface area (Å²) in [6.45, 7) is 4.95. The number of aromatic amines is 1. The summed E-state index contributed by atoms with van der Waals surface area (Å²) in [4.78, 5) is 2.47. The highest BCUT2D eigenvalue weighted by Gasteiger charge is 2.22. The van der Waals surface area contributed by atoms with Crippen molar-refractivity contribution in [2.24, 2.45) is 0 Å². The second kappa shape index (κ2) is 10.5. The smallest absolute Gasteiger partial charge is 0.123 e. The number of ether oxygens (including phenoxy) is 1. The summed E-state index contributed by atoms with van der Waals surface area (Å²) in [6, 6.07) is 17.4. The molecule has 3 aromatic rings. The van der Waals surface area contributed by atoms with Crippen LogP contribution in [0.5, 0.6) is 0 Å². The van der Waals surface area contributed by atoms with Gasteiger partial charge in [0, 0.05) is 43.3 Å². The standard InChI is InChI=1S/C22H25FN4O.ClH/c23-20-8-6-18(7-9-20)22-19(15-25-26-22)14-24-16-21(17-4-2-1-3-5-17)27-10-12-28-13-11-27;/h1-9,15,21,24H,10-14,16H2,(H,25,26);1H. The summed E-state index contributed by atoms with van der Waals surface area (Å²) in [5, 5.41) is 10.8. The molecule has 4 rings (SSSR count). The number of H-pyrrole nitrogens is 1. The van der Waals surface area contributed by atoms with Crippen molar-refractivity contribution in [1.29, 1.82) is 0 Å². The van der Waals surface area contributed by atoms with Gasteiger partial charge in [0.05, 0.1) is 25.1 Å². The number of morpholine rings is 1. The molecular formula is C22H26ClFN4O. The van der Waals surface area contributed by atoms with Crippen molar-refractivity contribution in [1.82, 2.24) is 20.4 Å². The molecule has 0 amide bonds. The van der Waals surface area contributed by atoms with Crippen LogP contribution in [-0.4, -0.2) is 47.9 Å². The molecule has 0 spiro atoms. The van der Waals surface area contributed by atoms with E-state index in [2.05, 4.69) is 44.7 Å². The van der Waals surface area contributed by atoms with Crippen LogP contribution in [0, 0.1) is 5.82 Å². The zero-order valence-corrected chi connectivity index (χ0v) is 17.0. The predicted molar refractivity (Wildman–Crippen MR) is 115 cm³/mol. The van der Waals surface area contributed by atoms with Gasteiger partial charge in [0.25, 0.3) is 0 Å². The predicted octanol–water partition coefficient (Wildman–Crippen LogP) is 3.80. The zero-order valence-electron chi connectivity index (χ0n) is 16.2. The number of hydrogen-bond donors (Lipinski definition) is 2. The number of nitrogens with one attached hydrogen (secondary N) is 2. The molecule has 1 fully saturated rings. The molecule has 2 heterocycles. The third kappa shape index (κ3) is 5.42. The average molecular weight is 417 g/mol. The molecule has 2 aromatic carbocycles. The third-order valence-electron chi connectivity index (χ3n) is 5.17. The summed E-state index contributed by atoms with van der Waals surface area (Å²) in [7, 11) is 0. The van der Waals surface area contributed by atoms with E-state index in [1.54, 1.807) is 12.1 Å². The molecule has 0 bridgehead atoms. The Morgan fingerprint density at radius 1 is 1.07 bits per heavy atom. The lowest BCUT2D eigenvalue weighted by Crippen LogP contribution is -2.42. The Labute approximate surface area is 176 Å². The maximum atomic E-state index is 13.2. The van der Waals surface area contributed by atoms with Crippen molar-refractivity contribution in [3.05, 3.63) is 77.7 Å². The summed E-state index contributed by atoms with van der Waals surface area (Å²) >= 11 is 0. The Morgan fingerprint density at radius 2 is 1.79 bits per heavy atom. The van der Waals surface area contributed by atoms with Gasteiger partial charge in [-0.3, -0.25) is 10.00 Å². The fourth-order valence-electron chi connectivity index (χ4n) is 3.68. The first-order valence-electron chi connectivity index (χ1n) is 9.67. The maximum absolute atomic E-state index is 13.2. The van der Waals surface area contributed by atoms with Crippen LogP contribution in [0.1, 0.15) is 17.2 Å². The normalized spacial score (nSPS) is 15.6. The van der Waals surface area contributed by atoms with Gasteiger partial charge in [0.1, 0.15) is 5.82 Å². The molecule has 5 nitrogen and oxygen atoms in total. The molecule has 7 heteroatoms. The third-order valence-corrected chi connectivity index (χ3v) is 5.17. The second-order valence-corrected chi connectivity index (χ2v) is 6.98. The van der Waals surface area contributed by atoms with Crippen molar-refractivity contribution >= 4 is 12.4 Å². The van der Waals surface area contributed by atoms with Crippen LogP contribution < -0.4 is 5.32 Å². The summed E-state index contributed by atoms with van der Waals surface area (Å²) < 4.78 is 18.7. The number of aromatic nitrogens is 2. The highest BCUT2D eigenvalue weighted by Crippen LogP contribution is 2.23. The molecule has 1 atom stereocenters. The van der Waals surface area contributed by atoms with E-state index in [9.17, 15) is 4.39 Å². The molecule has 1 aromatic heterocycles. The van der Waals surface area contributed by atoms with Gasteiger partial charge in [0.2, 0.25) is 0 Å². The van der Waals surface area contributed by atoms with Crippen LogP contribution in [0.4, 0.5) is 4.39 Å². The van der Waals surface area contributed by atoms with Gasteiger partial charge in [-0.15, -0.1) is 12.4 Å². The molecule has 29 heavy (non-hydrogen) atoms. The number of halogens is 2. The lowest BCUT2D eigenvalue weighted by atomic mass is 10.0. The van der Waals surface area contributed by atoms with Gasteiger partial charge in [-0.1, -0.05) is 30.3 Å². The fourth-order valence-corrected chi connectivity index (χ4v) is 3.68. The van der Waals surface area contributed by atoms with Gasteiger partial charge in [0.15, 0.2) is 0 Å². The Hall–Kier alpha value is -2.25. The molecular weight excluding hydrogens is 391 g/mol. The topological polar surface area (TPSA) is 53.2 Å². The summed E-state index contributed by atoms with van der Waals surface area (Å²) in [6.07, 6.45) is 1.83. The first kappa shape index (κ1) is 21.5. The summed E-state index contributed by atoms with van der Waals surface area (Å²) in [5.74, 6) is -0.237. The van der Waals surface area contributed by atoms with Crippen LogP contribution in [0.2, 0.25) is 0 Å². The van der Waals surface area contributed by atoms with E-state index in [4.69, 9.17) is 4.74 Å². The Bertz CT molecular complexity index is 866. The lowest BCUT2D eigenvalue weighted by molar-refractivity contribution is 0.0161. The van der Waals surface area contributed by atoms with Gasteiger partial charge in [-0.2, -0.15) is 5.10 Å². The van der Waals surface area contributed by atoms with Crippen molar-refractivity contribution in [2.75, 3.05) is 32.8 Å². The number of benzene rings is 2. The lowest BCUT2D eigenvalue weighted by Gasteiger charge is -2.35. The van der Waals surface area contributed by atoms with Crippen LogP contribution in [-0.2, 0) is 11.3 Å². The largest absolute Gasteiger partial charge is 0.379 e. The number of hydrogen-bond acceptors (Lipinski definition) is 4. The van der Waals surface area contributed by atoms with E-state index < -0.39 is 0 Å². The first-order valence-corrected chi connectivity index (χ1v) is 9.67. The molecule has 1 aliphatic heterocycles. The molecule has 0 saturated carbocycles. The van der Waals surface area contributed by atoms with Gasteiger partial charge < -0.3 is 10.1 Å². The highest BCUT2D eigenvalue weighted by atomic mass is 35.5. The Balaban J connectivity index is 0.00000240. The van der Waals surface area contributed by atoms with E-state index >= 15 is 0 Å². The minimum absolute atomic E-state index is 0. The van der Waals surface area contributed by atoms with Crippen molar-refractivity contribution in [3.8, 4) is 11.3 Å². The molecule has 0 radical (unpaired) electrons. The zero-order chi connectivity index (χ0) is 19.2. The average Bonchev–Trinajstić information content (AvgIpc) is 3.21. The van der Waals surface area contributed by atoms with Gasteiger partial charge >= 0.3 is 0 Å². The van der Waals surface area contributed by atoms with E-state index in [-0.39, 0.29) is 18.2 Å². The van der Waals surface area contributed by atoms with E-state index in [1.165, 1.54) is 17.7 Å². The fraction of sp³-hybridized carbons (Fsp3) is 0.318. The minimum Gasteiger partial charge on any atom is -0.379 e. The van der Waals surface area contributed by atoms with Crippen LogP contribution >= 0.6 is 12.4 Å². The highest BCUT2D eigenvalue weighted by molar-refractivity contribution is 5.85. The monoisotopic (exact) mass is 416 g/mol. The molecule has 1 unspecified atom stereocenters. The molecule has 1 aliphatic rings. The molecule has 1 saturated heterocycles.